The average molecular weight is 352 g/mol. The van der Waals surface area contributed by atoms with Gasteiger partial charge in [-0.1, -0.05) is 12.1 Å². The van der Waals surface area contributed by atoms with Gasteiger partial charge in [0, 0.05) is 6.20 Å². The van der Waals surface area contributed by atoms with E-state index in [-0.39, 0.29) is 11.8 Å². The highest BCUT2D eigenvalue weighted by Gasteiger charge is 2.34. The summed E-state index contributed by atoms with van der Waals surface area (Å²) in [4.78, 5) is 12.3. The molecule has 0 saturated heterocycles. The van der Waals surface area contributed by atoms with Crippen LogP contribution >= 0.6 is 0 Å². The van der Waals surface area contributed by atoms with E-state index in [9.17, 15) is 9.90 Å². The number of rotatable bonds is 5. The van der Waals surface area contributed by atoms with Crippen LogP contribution in [0.5, 0.6) is 5.75 Å². The van der Waals surface area contributed by atoms with Gasteiger partial charge in [0.15, 0.2) is 11.8 Å². The van der Waals surface area contributed by atoms with Gasteiger partial charge in [-0.05, 0) is 36.4 Å². The minimum Gasteiger partial charge on any atom is -0.542 e. The zero-order valence-electron chi connectivity index (χ0n) is 14.5. The van der Waals surface area contributed by atoms with E-state index in [2.05, 4.69) is 29.0 Å². The minimum atomic E-state index is -1.29. The summed E-state index contributed by atoms with van der Waals surface area (Å²) in [6, 6.07) is 15.5. The number of quaternary nitrogens is 1. The highest BCUT2D eigenvalue weighted by atomic mass is 16.5. The van der Waals surface area contributed by atoms with Crippen molar-refractivity contribution < 1.29 is 24.0 Å². The summed E-state index contributed by atoms with van der Waals surface area (Å²) in [5.41, 5.74) is 2.32. The number of carbonyl (C=O) groups is 1. The lowest BCUT2D eigenvalue weighted by Gasteiger charge is -2.34. The fraction of sp³-hybridized carbons (Fsp3) is 0.250. The molecule has 2 atom stereocenters. The summed E-state index contributed by atoms with van der Waals surface area (Å²) in [6.45, 7) is 2.38. The number of benzene rings is 1. The standard InChI is InChI=1S/C20H20N2O4/c1-25-17-7-3-2-5-15(17)19-16-6-4-10-21(16)11-12-22(19)13-14-8-9-18(26-14)20(23)24/h2-10,19H,11-13H2,1H3,(H,23,24)/t19-/m1/s1. The van der Waals surface area contributed by atoms with Crippen LogP contribution in [-0.2, 0) is 13.1 Å². The van der Waals surface area contributed by atoms with Crippen LogP contribution < -0.4 is 14.7 Å². The summed E-state index contributed by atoms with van der Waals surface area (Å²) >= 11 is 0. The van der Waals surface area contributed by atoms with Crippen molar-refractivity contribution in [3.8, 4) is 5.75 Å². The highest BCUT2D eigenvalue weighted by Crippen LogP contribution is 2.29. The Morgan fingerprint density at radius 3 is 2.88 bits per heavy atom. The number of aromatic nitrogens is 1. The number of aromatic carboxylic acids is 1. The monoisotopic (exact) mass is 352 g/mol. The maximum Gasteiger partial charge on any atom is 0.159 e. The van der Waals surface area contributed by atoms with Crippen molar-refractivity contribution in [1.29, 1.82) is 0 Å². The Hall–Kier alpha value is -2.99. The summed E-state index contributed by atoms with van der Waals surface area (Å²) in [6.07, 6.45) is 2.09. The Bertz CT molecular complexity index is 927. The molecule has 0 radical (unpaired) electrons. The average Bonchev–Trinajstić information content (AvgIpc) is 3.31. The molecule has 0 amide bonds. The minimum absolute atomic E-state index is 0.0754. The number of hydrogen-bond donors (Lipinski definition) is 1. The van der Waals surface area contributed by atoms with Gasteiger partial charge in [-0.25, -0.2) is 0 Å². The first-order valence-corrected chi connectivity index (χ1v) is 8.60. The van der Waals surface area contributed by atoms with Crippen LogP contribution in [0.15, 0.2) is 59.1 Å². The molecule has 134 valence electrons. The van der Waals surface area contributed by atoms with Crippen LogP contribution in [0, 0.1) is 0 Å². The molecule has 26 heavy (non-hydrogen) atoms. The molecule has 0 aliphatic carbocycles. The molecular formula is C20H20N2O4. The molecule has 1 unspecified atom stereocenters. The van der Waals surface area contributed by atoms with Gasteiger partial charge in [0.25, 0.3) is 0 Å². The zero-order valence-corrected chi connectivity index (χ0v) is 14.5. The first-order valence-electron chi connectivity index (χ1n) is 8.60. The van der Waals surface area contributed by atoms with Crippen molar-refractivity contribution in [3.05, 3.63) is 77.5 Å². The Morgan fingerprint density at radius 2 is 2.12 bits per heavy atom. The topological polar surface area (TPSA) is 71.9 Å². The SMILES string of the molecule is COc1ccccc1[C@@H]1c2cccn2CC[NH+]1Cc1ccc(C(=O)[O-])o1. The molecule has 0 spiro atoms. The van der Waals surface area contributed by atoms with Gasteiger partial charge in [-0.2, -0.15) is 0 Å². The lowest BCUT2D eigenvalue weighted by molar-refractivity contribution is -0.944. The molecule has 4 rings (SSSR count). The number of fused-ring (bicyclic) bond motifs is 1. The molecule has 3 aromatic rings. The largest absolute Gasteiger partial charge is 0.542 e. The fourth-order valence-electron chi connectivity index (χ4n) is 3.79. The number of nitrogens with zero attached hydrogens (tertiary/aromatic N) is 1. The van der Waals surface area contributed by atoms with Crippen LogP contribution in [0.1, 0.15) is 33.6 Å². The fourth-order valence-corrected chi connectivity index (χ4v) is 3.79. The molecule has 1 N–H and O–H groups in total. The van der Waals surface area contributed by atoms with Gasteiger partial charge in [0.05, 0.1) is 31.5 Å². The third-order valence-electron chi connectivity index (χ3n) is 4.96. The molecule has 1 aliphatic rings. The van der Waals surface area contributed by atoms with E-state index in [1.54, 1.807) is 13.2 Å². The van der Waals surface area contributed by atoms with E-state index in [0.29, 0.717) is 12.3 Å². The molecular weight excluding hydrogens is 332 g/mol. The number of para-hydroxylation sites is 1. The number of carbonyl (C=O) groups excluding carboxylic acids is 1. The van der Waals surface area contributed by atoms with E-state index in [0.717, 1.165) is 24.4 Å². The van der Waals surface area contributed by atoms with Crippen LogP contribution in [0.2, 0.25) is 0 Å². The van der Waals surface area contributed by atoms with Gasteiger partial charge in [0.2, 0.25) is 0 Å². The van der Waals surface area contributed by atoms with Crippen molar-refractivity contribution >= 4 is 5.97 Å². The smallest absolute Gasteiger partial charge is 0.159 e. The van der Waals surface area contributed by atoms with E-state index >= 15 is 0 Å². The highest BCUT2D eigenvalue weighted by molar-refractivity contribution is 5.82. The zero-order chi connectivity index (χ0) is 18.1. The lowest BCUT2D eigenvalue weighted by atomic mass is 9.98. The number of methoxy groups -OCH3 is 1. The molecule has 6 nitrogen and oxygen atoms in total. The Labute approximate surface area is 151 Å². The third-order valence-corrected chi connectivity index (χ3v) is 4.96. The maximum atomic E-state index is 11.0. The molecule has 6 heteroatoms. The maximum absolute atomic E-state index is 11.0. The van der Waals surface area contributed by atoms with Crippen LogP contribution in [-0.4, -0.2) is 24.2 Å². The normalized spacial score (nSPS) is 19.1. The molecule has 0 bridgehead atoms. The molecule has 0 saturated carbocycles. The van der Waals surface area contributed by atoms with E-state index < -0.39 is 5.97 Å². The van der Waals surface area contributed by atoms with Gasteiger partial charge >= 0.3 is 0 Å². The van der Waals surface area contributed by atoms with Gasteiger partial charge in [-0.3, -0.25) is 0 Å². The predicted molar refractivity (Wildman–Crippen MR) is 91.8 cm³/mol. The number of hydrogen-bond acceptors (Lipinski definition) is 4. The molecule has 0 fully saturated rings. The van der Waals surface area contributed by atoms with Crippen molar-refractivity contribution in [1.82, 2.24) is 4.57 Å². The Morgan fingerprint density at radius 1 is 1.27 bits per heavy atom. The summed E-state index contributed by atoms with van der Waals surface area (Å²) in [5, 5.41) is 11.0. The first-order chi connectivity index (χ1) is 12.7. The number of carboxylic acids is 1. The van der Waals surface area contributed by atoms with E-state index in [1.165, 1.54) is 16.7 Å². The van der Waals surface area contributed by atoms with Crippen LogP contribution in [0.4, 0.5) is 0 Å². The second-order valence-corrected chi connectivity index (χ2v) is 6.44. The summed E-state index contributed by atoms with van der Waals surface area (Å²) in [7, 11) is 1.68. The second kappa shape index (κ2) is 6.72. The van der Waals surface area contributed by atoms with Gasteiger partial charge in [-0.15, -0.1) is 0 Å². The quantitative estimate of drug-likeness (QED) is 0.732. The number of furan rings is 1. The number of carboxylic acid groups (broad SMARTS) is 1. The number of ether oxygens (including phenoxy) is 1. The summed E-state index contributed by atoms with van der Waals surface area (Å²) in [5.74, 6) is 0.0623. The lowest BCUT2D eigenvalue weighted by Crippen LogP contribution is -3.12. The second-order valence-electron chi connectivity index (χ2n) is 6.44. The first kappa shape index (κ1) is 16.5. The molecule has 2 aromatic heterocycles. The predicted octanol–water partition coefficient (Wildman–Crippen LogP) is 0.641. The van der Waals surface area contributed by atoms with E-state index in [4.69, 9.17) is 9.15 Å². The molecule has 1 aromatic carbocycles. The Balaban J connectivity index is 1.72. The van der Waals surface area contributed by atoms with E-state index in [1.807, 2.05) is 18.2 Å². The van der Waals surface area contributed by atoms with Crippen LogP contribution in [0.3, 0.4) is 0 Å². The Kier molecular flexibility index (Phi) is 4.26. The molecule has 3 heterocycles. The van der Waals surface area contributed by atoms with Gasteiger partial charge in [0.1, 0.15) is 24.0 Å². The van der Waals surface area contributed by atoms with Crippen molar-refractivity contribution in [2.24, 2.45) is 0 Å². The van der Waals surface area contributed by atoms with Crippen molar-refractivity contribution in [3.63, 3.8) is 0 Å². The third kappa shape index (κ3) is 2.88. The van der Waals surface area contributed by atoms with Gasteiger partial charge < -0.3 is 28.5 Å². The summed E-state index contributed by atoms with van der Waals surface area (Å²) < 4.78 is 13.3. The van der Waals surface area contributed by atoms with Crippen molar-refractivity contribution in [2.45, 2.75) is 19.1 Å². The van der Waals surface area contributed by atoms with Crippen LogP contribution in [0.25, 0.3) is 0 Å². The number of nitrogens with one attached hydrogen (secondary N) is 1. The van der Waals surface area contributed by atoms with Crippen molar-refractivity contribution in [2.75, 3.05) is 13.7 Å². The molecule has 1 aliphatic heterocycles.